The van der Waals surface area contributed by atoms with Crippen LogP contribution >= 0.6 is 11.6 Å². The van der Waals surface area contributed by atoms with Crippen molar-refractivity contribution in [3.8, 4) is 0 Å². The first kappa shape index (κ1) is 23.4. The smallest absolute Gasteiger partial charge is 0.246 e. The van der Waals surface area contributed by atoms with Gasteiger partial charge in [-0.25, -0.2) is 8.78 Å². The van der Waals surface area contributed by atoms with Crippen molar-refractivity contribution in [1.29, 1.82) is 0 Å². The van der Waals surface area contributed by atoms with Crippen LogP contribution in [0.2, 0.25) is 5.02 Å². The molecule has 0 saturated carbocycles. The van der Waals surface area contributed by atoms with E-state index in [4.69, 9.17) is 16.3 Å². The van der Waals surface area contributed by atoms with Crippen LogP contribution in [-0.4, -0.2) is 48.4 Å². The summed E-state index contributed by atoms with van der Waals surface area (Å²) < 4.78 is 34.1. The third-order valence-corrected chi connectivity index (χ3v) is 5.50. The molecule has 1 aliphatic heterocycles. The molecule has 2 aromatic carbocycles. The molecular weight excluding hydrogens is 422 g/mol. The molecule has 0 radical (unpaired) electrons. The Hall–Kier alpha value is -2.28. The fraction of sp³-hybridized carbons (Fsp3) is 0.375. The van der Waals surface area contributed by atoms with E-state index in [1.54, 1.807) is 18.2 Å². The van der Waals surface area contributed by atoms with Gasteiger partial charge in [-0.1, -0.05) is 35.4 Å². The van der Waals surface area contributed by atoms with Gasteiger partial charge in [-0.2, -0.15) is 0 Å². The second-order valence-electron chi connectivity index (χ2n) is 7.90. The van der Waals surface area contributed by atoms with Gasteiger partial charge >= 0.3 is 0 Å². The van der Waals surface area contributed by atoms with E-state index in [0.29, 0.717) is 37.7 Å². The summed E-state index contributed by atoms with van der Waals surface area (Å²) in [6, 6.07) is 11.0. The first-order chi connectivity index (χ1) is 14.8. The largest absolute Gasteiger partial charge is 0.367 e. The molecule has 1 atom stereocenters. The van der Waals surface area contributed by atoms with Crippen molar-refractivity contribution in [2.75, 3.05) is 32.7 Å². The number of hydrogen-bond donors (Lipinski definition) is 0. The van der Waals surface area contributed by atoms with Crippen LogP contribution in [0.25, 0.3) is 0 Å². The number of nitrogens with zero attached hydrogens (tertiary/aromatic N) is 2. The van der Waals surface area contributed by atoms with E-state index in [2.05, 4.69) is 4.90 Å². The minimum Gasteiger partial charge on any atom is -0.367 e. The molecule has 0 unspecified atom stereocenters. The van der Waals surface area contributed by atoms with E-state index in [1.807, 2.05) is 30.9 Å². The van der Waals surface area contributed by atoms with Gasteiger partial charge < -0.3 is 9.64 Å². The molecule has 0 spiro atoms. The van der Waals surface area contributed by atoms with Gasteiger partial charge in [0.15, 0.2) is 0 Å². The first-order valence-corrected chi connectivity index (χ1v) is 10.7. The summed E-state index contributed by atoms with van der Waals surface area (Å²) >= 11 is 6.01. The topological polar surface area (TPSA) is 32.8 Å². The lowest BCUT2D eigenvalue weighted by Gasteiger charge is -2.36. The predicted molar refractivity (Wildman–Crippen MR) is 118 cm³/mol. The predicted octanol–water partition coefficient (Wildman–Crippen LogP) is 4.99. The number of ether oxygens (including phenoxy) is 1. The number of benzene rings is 2. The van der Waals surface area contributed by atoms with Crippen molar-refractivity contribution in [3.05, 3.63) is 81.9 Å². The SMILES string of the molecule is CC(C)=CC(=O)N1CCN(C[C@@H](OCc2c(F)cccc2F)c2ccc(Cl)cc2)CC1. The lowest BCUT2D eigenvalue weighted by molar-refractivity contribution is -0.128. The molecule has 7 heteroatoms. The third-order valence-electron chi connectivity index (χ3n) is 5.25. The zero-order chi connectivity index (χ0) is 22.4. The number of carbonyl (C=O) groups is 1. The van der Waals surface area contributed by atoms with E-state index >= 15 is 0 Å². The number of carbonyl (C=O) groups excluding carboxylic acids is 1. The van der Waals surface area contributed by atoms with Crippen LogP contribution in [0.4, 0.5) is 8.78 Å². The summed E-state index contributed by atoms with van der Waals surface area (Å²) in [6.07, 6.45) is 1.26. The zero-order valence-corrected chi connectivity index (χ0v) is 18.5. The molecule has 1 fully saturated rings. The monoisotopic (exact) mass is 448 g/mol. The average molecular weight is 449 g/mol. The number of hydrogen-bond acceptors (Lipinski definition) is 3. The van der Waals surface area contributed by atoms with Gasteiger partial charge in [0.05, 0.1) is 12.7 Å². The Morgan fingerprint density at radius 1 is 1.06 bits per heavy atom. The maximum Gasteiger partial charge on any atom is 0.246 e. The Balaban J connectivity index is 1.67. The number of allylic oxidation sites excluding steroid dienone is 1. The molecule has 0 aromatic heterocycles. The van der Waals surface area contributed by atoms with E-state index in [1.165, 1.54) is 18.2 Å². The van der Waals surface area contributed by atoms with Crippen molar-refractivity contribution >= 4 is 17.5 Å². The molecular formula is C24H27ClF2N2O2. The molecule has 166 valence electrons. The molecule has 4 nitrogen and oxygen atoms in total. The lowest BCUT2D eigenvalue weighted by Crippen LogP contribution is -2.49. The number of amides is 1. The van der Waals surface area contributed by atoms with Gasteiger partial charge in [0.25, 0.3) is 0 Å². The Kier molecular flexibility index (Phi) is 8.18. The fourth-order valence-electron chi connectivity index (χ4n) is 3.51. The van der Waals surface area contributed by atoms with Gasteiger partial charge in [-0.3, -0.25) is 9.69 Å². The molecule has 1 saturated heterocycles. The van der Waals surface area contributed by atoms with Crippen molar-refractivity contribution in [1.82, 2.24) is 9.80 Å². The summed E-state index contributed by atoms with van der Waals surface area (Å²) in [4.78, 5) is 16.3. The summed E-state index contributed by atoms with van der Waals surface area (Å²) in [7, 11) is 0. The summed E-state index contributed by atoms with van der Waals surface area (Å²) in [6.45, 7) is 6.82. The zero-order valence-electron chi connectivity index (χ0n) is 17.8. The standard InChI is InChI=1S/C24H27ClF2N2O2/c1-17(2)14-24(30)29-12-10-28(11-13-29)15-23(18-6-8-19(25)9-7-18)31-16-20-21(26)4-3-5-22(20)27/h3-9,14,23H,10-13,15-16H2,1-2H3/t23-/m1/s1. The molecule has 0 bridgehead atoms. The van der Waals surface area contributed by atoms with Crippen LogP contribution in [0, 0.1) is 11.6 Å². The van der Waals surface area contributed by atoms with E-state index in [-0.39, 0.29) is 18.1 Å². The molecule has 2 aromatic rings. The summed E-state index contributed by atoms with van der Waals surface area (Å²) in [5.74, 6) is -1.22. The maximum absolute atomic E-state index is 14.0. The average Bonchev–Trinajstić information content (AvgIpc) is 2.73. The van der Waals surface area contributed by atoms with Crippen molar-refractivity contribution in [2.45, 2.75) is 26.6 Å². The van der Waals surface area contributed by atoms with Gasteiger partial charge in [0, 0.05) is 49.4 Å². The fourth-order valence-corrected chi connectivity index (χ4v) is 3.64. The maximum atomic E-state index is 14.0. The van der Waals surface area contributed by atoms with Gasteiger partial charge in [-0.15, -0.1) is 0 Å². The van der Waals surface area contributed by atoms with Crippen LogP contribution in [0.3, 0.4) is 0 Å². The van der Waals surface area contributed by atoms with Gasteiger partial charge in [-0.05, 0) is 43.7 Å². The van der Waals surface area contributed by atoms with Crippen molar-refractivity contribution < 1.29 is 18.3 Å². The Bertz CT molecular complexity index is 901. The van der Waals surface area contributed by atoms with Crippen molar-refractivity contribution in [3.63, 3.8) is 0 Å². The molecule has 1 amide bonds. The number of halogens is 3. The Morgan fingerprint density at radius 3 is 2.26 bits per heavy atom. The summed E-state index contributed by atoms with van der Waals surface area (Å²) in [5, 5.41) is 0.606. The third kappa shape index (κ3) is 6.60. The van der Waals surface area contributed by atoms with E-state index in [9.17, 15) is 13.6 Å². The van der Waals surface area contributed by atoms with Gasteiger partial charge in [0.2, 0.25) is 5.91 Å². The second-order valence-corrected chi connectivity index (χ2v) is 8.34. The number of rotatable bonds is 7. The highest BCUT2D eigenvalue weighted by molar-refractivity contribution is 6.30. The van der Waals surface area contributed by atoms with E-state index < -0.39 is 17.7 Å². The first-order valence-electron chi connectivity index (χ1n) is 10.3. The highest BCUT2D eigenvalue weighted by atomic mass is 35.5. The van der Waals surface area contributed by atoms with Crippen LogP contribution in [-0.2, 0) is 16.1 Å². The van der Waals surface area contributed by atoms with Crippen LogP contribution in [0.5, 0.6) is 0 Å². The molecule has 0 N–H and O–H groups in total. The quantitative estimate of drug-likeness (QED) is 0.559. The van der Waals surface area contributed by atoms with Crippen LogP contribution in [0.1, 0.15) is 31.1 Å². The minimum absolute atomic E-state index is 0.0279. The Labute approximate surface area is 187 Å². The number of piperazine rings is 1. The molecule has 31 heavy (non-hydrogen) atoms. The van der Waals surface area contributed by atoms with Crippen molar-refractivity contribution in [2.24, 2.45) is 0 Å². The molecule has 1 aliphatic rings. The normalized spacial score (nSPS) is 15.6. The summed E-state index contributed by atoms with van der Waals surface area (Å²) in [5.41, 5.74) is 1.77. The lowest BCUT2D eigenvalue weighted by atomic mass is 10.1. The minimum atomic E-state index is -0.624. The van der Waals surface area contributed by atoms with Crippen LogP contribution < -0.4 is 0 Å². The Morgan fingerprint density at radius 2 is 1.68 bits per heavy atom. The molecule has 3 rings (SSSR count). The molecule has 0 aliphatic carbocycles. The van der Waals surface area contributed by atoms with Gasteiger partial charge in [0.1, 0.15) is 11.6 Å². The highest BCUT2D eigenvalue weighted by Gasteiger charge is 2.24. The molecule has 1 heterocycles. The second kappa shape index (κ2) is 10.8. The van der Waals surface area contributed by atoms with Crippen LogP contribution in [0.15, 0.2) is 54.1 Å². The highest BCUT2D eigenvalue weighted by Crippen LogP contribution is 2.24. The van der Waals surface area contributed by atoms with E-state index in [0.717, 1.165) is 11.1 Å².